The highest BCUT2D eigenvalue weighted by atomic mass is 19.3. The van der Waals surface area contributed by atoms with Crippen molar-refractivity contribution in [3.05, 3.63) is 0 Å². The Hall–Kier alpha value is -0.980. The summed E-state index contributed by atoms with van der Waals surface area (Å²) in [6, 6.07) is 0. The number of aliphatic hydroxyl groups excluding tert-OH is 2. The molecule has 0 bridgehead atoms. The fraction of sp³-hybridized carbons (Fsp3) is 1.00. The first-order chi connectivity index (χ1) is 13.4. The van der Waals surface area contributed by atoms with Crippen LogP contribution in [0.25, 0.3) is 0 Å². The van der Waals surface area contributed by atoms with E-state index in [1.165, 1.54) is 6.92 Å². The Morgan fingerprint density at radius 3 is 1.70 bits per heavy atom. The van der Waals surface area contributed by atoms with Crippen LogP contribution in [0.4, 0.5) is 43.9 Å². The highest BCUT2D eigenvalue weighted by molar-refractivity contribution is 4.71. The van der Waals surface area contributed by atoms with Gasteiger partial charge in [0.1, 0.15) is 19.3 Å². The van der Waals surface area contributed by atoms with Gasteiger partial charge in [0.15, 0.2) is 0 Å². The molecule has 0 aromatic carbocycles. The second kappa shape index (κ2) is 11.1. The number of aliphatic hydroxyl groups is 2. The van der Waals surface area contributed by atoms with Crippen molar-refractivity contribution in [1.82, 2.24) is 0 Å². The van der Waals surface area contributed by atoms with Crippen molar-refractivity contribution in [1.29, 1.82) is 0 Å². The highest BCUT2D eigenvalue weighted by Crippen LogP contribution is 2.44. The summed E-state index contributed by atoms with van der Waals surface area (Å²) < 4.78 is 147. The van der Waals surface area contributed by atoms with Gasteiger partial charge in [0.25, 0.3) is 0 Å². The number of ether oxygens (including phenoxy) is 5. The van der Waals surface area contributed by atoms with Gasteiger partial charge in [0, 0.05) is 6.61 Å². The maximum atomic E-state index is 13.2. The summed E-state index contributed by atoms with van der Waals surface area (Å²) in [7, 11) is 0. The van der Waals surface area contributed by atoms with E-state index in [-0.39, 0.29) is 6.42 Å². The van der Waals surface area contributed by atoms with E-state index in [2.05, 4.69) is 23.7 Å². The molecular weight excluding hydrogens is 458 g/mol. The van der Waals surface area contributed by atoms with Gasteiger partial charge in [-0.2, -0.15) is 35.1 Å². The largest absolute Gasteiger partial charge is 0.495 e. The Labute approximate surface area is 162 Å². The average Bonchev–Trinajstić information content (AvgIpc) is 2.50. The molecule has 0 heterocycles. The standard InChI is InChI=1S/C13H18F10O7/c1-2-3-26-6-9(14,15)28-11(18,19)12(20,21)30-13(22,23)29-10(16,17)7-27-5-8(25)4-24/h8,24-25H,2-7H2,1H3. The van der Waals surface area contributed by atoms with E-state index in [9.17, 15) is 43.9 Å². The molecule has 0 saturated heterocycles. The molecule has 0 aromatic heterocycles. The summed E-state index contributed by atoms with van der Waals surface area (Å²) in [5, 5.41) is 17.2. The van der Waals surface area contributed by atoms with E-state index in [1.807, 2.05) is 0 Å². The smallest absolute Gasteiger partial charge is 0.394 e. The zero-order chi connectivity index (χ0) is 23.9. The molecule has 17 heteroatoms. The number of halogens is 10. The molecule has 7 nitrogen and oxygen atoms in total. The van der Waals surface area contributed by atoms with Gasteiger partial charge >= 0.3 is 30.7 Å². The number of alkyl halides is 10. The van der Waals surface area contributed by atoms with E-state index in [0.29, 0.717) is 0 Å². The summed E-state index contributed by atoms with van der Waals surface area (Å²) in [5.41, 5.74) is 0. The Morgan fingerprint density at radius 1 is 0.733 bits per heavy atom. The van der Waals surface area contributed by atoms with Crippen LogP contribution in [0.5, 0.6) is 0 Å². The Balaban J connectivity index is 5.01. The van der Waals surface area contributed by atoms with Crippen molar-refractivity contribution >= 4 is 0 Å². The predicted octanol–water partition coefficient (Wildman–Crippen LogP) is 2.75. The van der Waals surface area contributed by atoms with Crippen molar-refractivity contribution in [3.8, 4) is 0 Å². The third kappa shape index (κ3) is 10.9. The minimum Gasteiger partial charge on any atom is -0.394 e. The van der Waals surface area contributed by atoms with Crippen molar-refractivity contribution in [2.75, 3.05) is 33.0 Å². The van der Waals surface area contributed by atoms with Gasteiger partial charge in [-0.25, -0.2) is 14.2 Å². The van der Waals surface area contributed by atoms with Crippen LogP contribution in [0.2, 0.25) is 0 Å². The summed E-state index contributed by atoms with van der Waals surface area (Å²) >= 11 is 0. The van der Waals surface area contributed by atoms with Gasteiger partial charge in [-0.05, 0) is 6.42 Å². The van der Waals surface area contributed by atoms with E-state index in [0.717, 1.165) is 0 Å². The van der Waals surface area contributed by atoms with Crippen LogP contribution >= 0.6 is 0 Å². The molecule has 1 unspecified atom stereocenters. The first-order valence-electron chi connectivity index (χ1n) is 7.82. The highest BCUT2D eigenvalue weighted by Gasteiger charge is 2.68. The Morgan fingerprint density at radius 2 is 1.20 bits per heavy atom. The molecule has 0 aliphatic carbocycles. The molecule has 0 aliphatic heterocycles. The van der Waals surface area contributed by atoms with Gasteiger partial charge < -0.3 is 19.7 Å². The van der Waals surface area contributed by atoms with Crippen LogP contribution in [0, 0.1) is 0 Å². The summed E-state index contributed by atoms with van der Waals surface area (Å²) in [6.07, 6.45) is -31.0. The van der Waals surface area contributed by atoms with E-state index in [4.69, 9.17) is 10.2 Å². The Kier molecular flexibility index (Phi) is 10.7. The van der Waals surface area contributed by atoms with Gasteiger partial charge in [-0.1, -0.05) is 6.92 Å². The monoisotopic (exact) mass is 476 g/mol. The molecule has 182 valence electrons. The topological polar surface area (TPSA) is 86.6 Å². The number of hydrogen-bond donors (Lipinski definition) is 2. The van der Waals surface area contributed by atoms with E-state index < -0.39 is 69.9 Å². The maximum Gasteiger partial charge on any atom is 0.495 e. The molecule has 30 heavy (non-hydrogen) atoms. The van der Waals surface area contributed by atoms with Crippen molar-refractivity contribution < 1.29 is 77.8 Å². The predicted molar refractivity (Wildman–Crippen MR) is 73.0 cm³/mol. The first-order valence-corrected chi connectivity index (χ1v) is 7.82. The molecule has 0 spiro atoms. The van der Waals surface area contributed by atoms with Gasteiger partial charge in [-0.15, -0.1) is 8.78 Å². The van der Waals surface area contributed by atoms with Crippen LogP contribution in [-0.2, 0) is 23.7 Å². The van der Waals surface area contributed by atoms with Gasteiger partial charge in [-0.3, -0.25) is 0 Å². The molecule has 1 atom stereocenters. The number of hydrogen-bond acceptors (Lipinski definition) is 7. The first kappa shape index (κ1) is 29.0. The lowest BCUT2D eigenvalue weighted by Crippen LogP contribution is -2.54. The summed E-state index contributed by atoms with van der Waals surface area (Å²) in [6.45, 7) is -5.05. The van der Waals surface area contributed by atoms with E-state index in [1.54, 1.807) is 0 Å². The van der Waals surface area contributed by atoms with Crippen LogP contribution in [-0.4, -0.2) is 80.1 Å². The van der Waals surface area contributed by atoms with Crippen LogP contribution in [0.15, 0.2) is 0 Å². The minimum absolute atomic E-state index is 0.131. The molecule has 0 aromatic rings. The lowest BCUT2D eigenvalue weighted by Gasteiger charge is -2.31. The molecular formula is C13H18F10O7. The van der Waals surface area contributed by atoms with Gasteiger partial charge in [0.2, 0.25) is 0 Å². The summed E-state index contributed by atoms with van der Waals surface area (Å²) in [4.78, 5) is 0. The molecule has 2 N–H and O–H groups in total. The van der Waals surface area contributed by atoms with E-state index >= 15 is 0 Å². The quantitative estimate of drug-likeness (QED) is 0.201. The second-order valence-electron chi connectivity index (χ2n) is 5.48. The zero-order valence-electron chi connectivity index (χ0n) is 15.0. The molecule has 0 saturated carbocycles. The van der Waals surface area contributed by atoms with Gasteiger partial charge in [0.05, 0.1) is 13.2 Å². The lowest BCUT2D eigenvalue weighted by molar-refractivity contribution is -0.566. The lowest BCUT2D eigenvalue weighted by atomic mass is 10.4. The Bertz CT molecular complexity index is 507. The van der Waals surface area contributed by atoms with Crippen LogP contribution in [0.1, 0.15) is 13.3 Å². The maximum absolute atomic E-state index is 13.2. The van der Waals surface area contributed by atoms with Crippen LogP contribution in [0.3, 0.4) is 0 Å². The van der Waals surface area contributed by atoms with Crippen LogP contribution < -0.4 is 0 Å². The van der Waals surface area contributed by atoms with Crippen molar-refractivity contribution in [3.63, 3.8) is 0 Å². The fourth-order valence-corrected chi connectivity index (χ4v) is 1.41. The molecule has 0 rings (SSSR count). The molecule has 0 fully saturated rings. The molecule has 0 radical (unpaired) electrons. The van der Waals surface area contributed by atoms with Crippen molar-refractivity contribution in [2.24, 2.45) is 0 Å². The second-order valence-corrected chi connectivity index (χ2v) is 5.48. The average molecular weight is 476 g/mol. The van der Waals surface area contributed by atoms with Crippen molar-refractivity contribution in [2.45, 2.75) is 50.2 Å². The SMILES string of the molecule is CCCOCC(F)(F)OC(F)(F)C(F)(F)OC(F)(F)OC(F)(F)COCC(O)CO. The zero-order valence-corrected chi connectivity index (χ0v) is 15.0. The third-order valence-electron chi connectivity index (χ3n) is 2.54. The fourth-order valence-electron chi connectivity index (χ4n) is 1.41. The number of rotatable bonds is 16. The molecule has 0 amide bonds. The third-order valence-corrected chi connectivity index (χ3v) is 2.54. The minimum atomic E-state index is -6.57. The molecule has 0 aliphatic rings. The summed E-state index contributed by atoms with van der Waals surface area (Å²) in [5.74, 6) is 0. The normalized spacial score (nSPS) is 15.5.